The highest BCUT2D eigenvalue weighted by molar-refractivity contribution is 5.88. The molecule has 1 fully saturated rings. The number of anilines is 1. The highest BCUT2D eigenvalue weighted by Gasteiger charge is 2.27. The molecule has 1 aliphatic heterocycles. The van der Waals surface area contributed by atoms with Crippen molar-refractivity contribution in [3.63, 3.8) is 0 Å². The first-order chi connectivity index (χ1) is 13.9. The molecular weight excluding hydrogens is 366 g/mol. The summed E-state index contributed by atoms with van der Waals surface area (Å²) in [5, 5.41) is 9.40. The summed E-state index contributed by atoms with van der Waals surface area (Å²) < 4.78 is 5.79. The molecule has 1 amide bonds. The van der Waals surface area contributed by atoms with E-state index in [1.807, 2.05) is 24.3 Å². The SMILES string of the molecule is CCNC(=NCC(C)(C)N1CCCCC1)NCCOc1cccc(NC(C)=O)c1. The summed E-state index contributed by atoms with van der Waals surface area (Å²) in [6.45, 7) is 13.1. The van der Waals surface area contributed by atoms with Gasteiger partial charge in [-0.3, -0.25) is 14.7 Å². The van der Waals surface area contributed by atoms with E-state index in [-0.39, 0.29) is 11.4 Å². The lowest BCUT2D eigenvalue weighted by atomic mass is 9.99. The molecule has 1 aromatic rings. The van der Waals surface area contributed by atoms with Crippen LogP contribution in [0.5, 0.6) is 5.75 Å². The number of rotatable bonds is 9. The van der Waals surface area contributed by atoms with Crippen LogP contribution in [-0.4, -0.2) is 61.6 Å². The Morgan fingerprint density at radius 3 is 2.66 bits per heavy atom. The van der Waals surface area contributed by atoms with Crippen LogP contribution >= 0.6 is 0 Å². The normalized spacial score (nSPS) is 15.7. The van der Waals surface area contributed by atoms with Crippen LogP contribution in [-0.2, 0) is 4.79 Å². The summed E-state index contributed by atoms with van der Waals surface area (Å²) in [6.07, 6.45) is 3.91. The first-order valence-corrected chi connectivity index (χ1v) is 10.7. The second-order valence-corrected chi connectivity index (χ2v) is 8.04. The van der Waals surface area contributed by atoms with Crippen molar-refractivity contribution in [2.45, 2.75) is 52.5 Å². The largest absolute Gasteiger partial charge is 0.492 e. The Hall–Kier alpha value is -2.28. The first kappa shape index (κ1) is 23.0. The number of benzene rings is 1. The Morgan fingerprint density at radius 1 is 1.21 bits per heavy atom. The zero-order chi connectivity index (χ0) is 21.1. The van der Waals surface area contributed by atoms with E-state index in [9.17, 15) is 4.79 Å². The van der Waals surface area contributed by atoms with Gasteiger partial charge in [-0.1, -0.05) is 12.5 Å². The number of carbonyl (C=O) groups is 1. The summed E-state index contributed by atoms with van der Waals surface area (Å²) >= 11 is 0. The number of nitrogens with zero attached hydrogens (tertiary/aromatic N) is 2. The summed E-state index contributed by atoms with van der Waals surface area (Å²) in [6, 6.07) is 7.41. The molecule has 7 heteroatoms. The van der Waals surface area contributed by atoms with Gasteiger partial charge in [0.2, 0.25) is 5.91 Å². The average molecular weight is 404 g/mol. The van der Waals surface area contributed by atoms with Crippen molar-refractivity contribution in [3.8, 4) is 5.75 Å². The standard InChI is InChI=1S/C22H37N5O2/c1-5-23-21(25-17-22(3,4)27-13-7-6-8-14-27)24-12-15-29-20-11-9-10-19(16-20)26-18(2)28/h9-11,16H,5-8,12-15,17H2,1-4H3,(H,26,28)(H2,23,24,25). The van der Waals surface area contributed by atoms with E-state index in [0.29, 0.717) is 13.2 Å². The van der Waals surface area contributed by atoms with Crippen LogP contribution in [0.1, 0.15) is 47.0 Å². The fraction of sp³-hybridized carbons (Fsp3) is 0.636. The smallest absolute Gasteiger partial charge is 0.221 e. The summed E-state index contributed by atoms with van der Waals surface area (Å²) in [5.41, 5.74) is 0.793. The molecule has 1 aromatic carbocycles. The third-order valence-electron chi connectivity index (χ3n) is 5.00. The molecule has 3 N–H and O–H groups in total. The average Bonchev–Trinajstić information content (AvgIpc) is 2.70. The predicted molar refractivity (Wildman–Crippen MR) is 120 cm³/mol. The van der Waals surface area contributed by atoms with Crippen molar-refractivity contribution in [1.29, 1.82) is 0 Å². The number of amides is 1. The van der Waals surface area contributed by atoms with E-state index in [1.54, 1.807) is 0 Å². The first-order valence-electron chi connectivity index (χ1n) is 10.7. The molecule has 0 spiro atoms. The molecule has 2 rings (SSSR count). The van der Waals surface area contributed by atoms with Crippen LogP contribution in [0, 0.1) is 0 Å². The van der Waals surface area contributed by atoms with Crippen LogP contribution in [0.4, 0.5) is 5.69 Å². The minimum Gasteiger partial charge on any atom is -0.492 e. The molecule has 0 saturated carbocycles. The number of guanidine groups is 1. The van der Waals surface area contributed by atoms with Gasteiger partial charge in [0.15, 0.2) is 5.96 Å². The van der Waals surface area contributed by atoms with Crippen LogP contribution in [0.25, 0.3) is 0 Å². The highest BCUT2D eigenvalue weighted by atomic mass is 16.5. The number of aliphatic imine (C=N–C) groups is 1. The van der Waals surface area contributed by atoms with Gasteiger partial charge in [0.25, 0.3) is 0 Å². The van der Waals surface area contributed by atoms with Crippen molar-refractivity contribution in [2.24, 2.45) is 4.99 Å². The second kappa shape index (κ2) is 11.7. The number of carbonyl (C=O) groups excluding carboxylic acids is 1. The molecular formula is C22H37N5O2. The molecule has 0 aliphatic carbocycles. The van der Waals surface area contributed by atoms with Gasteiger partial charge < -0.3 is 20.7 Å². The third kappa shape index (κ3) is 8.31. The molecule has 0 atom stereocenters. The molecule has 1 saturated heterocycles. The Kier molecular flexibility index (Phi) is 9.25. The molecule has 0 aromatic heterocycles. The zero-order valence-electron chi connectivity index (χ0n) is 18.4. The predicted octanol–water partition coefficient (Wildman–Crippen LogP) is 2.84. The molecule has 0 bridgehead atoms. The number of hydrogen-bond acceptors (Lipinski definition) is 4. The van der Waals surface area contributed by atoms with E-state index in [1.165, 1.54) is 26.2 Å². The summed E-state index contributed by atoms with van der Waals surface area (Å²) in [5.74, 6) is 1.45. The molecule has 1 aliphatic rings. The van der Waals surface area contributed by atoms with Gasteiger partial charge in [0.1, 0.15) is 12.4 Å². The van der Waals surface area contributed by atoms with Crippen molar-refractivity contribution >= 4 is 17.6 Å². The van der Waals surface area contributed by atoms with Gasteiger partial charge in [0.05, 0.1) is 13.1 Å². The lowest BCUT2D eigenvalue weighted by Crippen LogP contribution is -2.49. The van der Waals surface area contributed by atoms with Crippen molar-refractivity contribution in [1.82, 2.24) is 15.5 Å². The van der Waals surface area contributed by atoms with Crippen LogP contribution in [0.2, 0.25) is 0 Å². The van der Waals surface area contributed by atoms with Crippen LogP contribution in [0.15, 0.2) is 29.3 Å². The Labute approximate surface area is 175 Å². The third-order valence-corrected chi connectivity index (χ3v) is 5.00. The van der Waals surface area contributed by atoms with Gasteiger partial charge in [-0.05, 0) is 58.8 Å². The Bertz CT molecular complexity index is 669. The van der Waals surface area contributed by atoms with Gasteiger partial charge in [-0.15, -0.1) is 0 Å². The minimum atomic E-state index is -0.0946. The van der Waals surface area contributed by atoms with Crippen LogP contribution in [0.3, 0.4) is 0 Å². The van der Waals surface area contributed by atoms with Gasteiger partial charge >= 0.3 is 0 Å². The lowest BCUT2D eigenvalue weighted by molar-refractivity contribution is -0.114. The zero-order valence-corrected chi connectivity index (χ0v) is 18.4. The monoisotopic (exact) mass is 403 g/mol. The maximum absolute atomic E-state index is 11.2. The Balaban J connectivity index is 1.81. The maximum Gasteiger partial charge on any atom is 0.221 e. The fourth-order valence-corrected chi connectivity index (χ4v) is 3.42. The van der Waals surface area contributed by atoms with Crippen molar-refractivity contribution in [3.05, 3.63) is 24.3 Å². The quantitative estimate of drug-likeness (QED) is 0.336. The van der Waals surface area contributed by atoms with Crippen LogP contribution < -0.4 is 20.7 Å². The van der Waals surface area contributed by atoms with Gasteiger partial charge in [-0.25, -0.2) is 0 Å². The number of ether oxygens (including phenoxy) is 1. The van der Waals surface area contributed by atoms with Gasteiger partial charge in [-0.2, -0.15) is 0 Å². The van der Waals surface area contributed by atoms with Crippen molar-refractivity contribution in [2.75, 3.05) is 44.6 Å². The minimum absolute atomic E-state index is 0.0590. The topological polar surface area (TPSA) is 78.0 Å². The second-order valence-electron chi connectivity index (χ2n) is 8.04. The molecule has 0 radical (unpaired) electrons. The summed E-state index contributed by atoms with van der Waals surface area (Å²) in [7, 11) is 0. The summed E-state index contributed by atoms with van der Waals surface area (Å²) in [4.78, 5) is 18.5. The molecule has 162 valence electrons. The Morgan fingerprint density at radius 2 is 1.97 bits per heavy atom. The highest BCUT2D eigenvalue weighted by Crippen LogP contribution is 2.21. The number of piperidine rings is 1. The molecule has 29 heavy (non-hydrogen) atoms. The number of likely N-dealkylation sites (tertiary alicyclic amines) is 1. The van der Waals surface area contributed by atoms with Crippen molar-refractivity contribution < 1.29 is 9.53 Å². The van der Waals surface area contributed by atoms with Gasteiger partial charge in [0, 0.05) is 30.8 Å². The fourth-order valence-electron chi connectivity index (χ4n) is 3.42. The number of hydrogen-bond donors (Lipinski definition) is 3. The number of nitrogens with one attached hydrogen (secondary N) is 3. The maximum atomic E-state index is 11.2. The van der Waals surface area contributed by atoms with E-state index < -0.39 is 0 Å². The lowest BCUT2D eigenvalue weighted by Gasteiger charge is -2.40. The molecule has 0 unspecified atom stereocenters. The molecule has 1 heterocycles. The van der Waals surface area contributed by atoms with E-state index in [2.05, 4.69) is 41.6 Å². The van der Waals surface area contributed by atoms with E-state index >= 15 is 0 Å². The van der Waals surface area contributed by atoms with E-state index in [4.69, 9.17) is 9.73 Å². The van der Waals surface area contributed by atoms with E-state index in [0.717, 1.165) is 43.6 Å². The molecule has 7 nitrogen and oxygen atoms in total.